The van der Waals surface area contributed by atoms with Crippen LogP contribution in [0.3, 0.4) is 0 Å². The quantitative estimate of drug-likeness (QED) is 0.0349. The number of hydrogen-bond donors (Lipinski definition) is 6. The van der Waals surface area contributed by atoms with Crippen LogP contribution in [-0.4, -0.2) is 80.8 Å². The standard InChI is InChI=1S/C77H73N9O7.Ni/c1-46(2)43-64(75(90)86-71(47(3)4)76(91)85-66(45-50-23-13-7-14-24-50)74(89)84-65(44-49-21-11-6-12-22-49)73(88)78-48(5)77(92)93)83-72(87)55-33-31-54(32-34-55)70-62-41-39-60(81-62)68(52-27-17-9-18-28-52)58-37-35-56(79-58)67(51-25-15-8-16-26-51)57-36-38-59(80-57)69(53-29-19-10-20-30-53)61-40-42-63(70)82-61;/h6-42,46-48,64-66,71H,43-45H2,1-5H3,(H8,78,79,80,81,82,83,84,85,86,87,88,89,90,91,92,93);/q;+2/p-2/t48-,64?,65-,66-,71-;/m0./s1. The van der Waals surface area contributed by atoms with Crippen LogP contribution < -0.4 is 36.6 Å². The number of fused-ring (bicyclic) bond motifs is 8. The third-order valence-corrected chi connectivity index (χ3v) is 16.4. The van der Waals surface area contributed by atoms with Crippen LogP contribution in [0.15, 0.2) is 200 Å². The molecule has 2 aliphatic heterocycles. The summed E-state index contributed by atoms with van der Waals surface area (Å²) >= 11 is 0. The van der Waals surface area contributed by atoms with Crippen LogP contribution in [0, 0.1) is 11.8 Å². The van der Waals surface area contributed by atoms with E-state index in [1.807, 2.05) is 141 Å². The maximum Gasteiger partial charge on any atom is 2.00 e. The van der Waals surface area contributed by atoms with E-state index in [1.165, 1.54) is 6.92 Å². The number of aromatic nitrogens is 4. The Balaban J connectivity index is 0.00000964. The van der Waals surface area contributed by atoms with Gasteiger partial charge in [-0.25, -0.2) is 9.97 Å². The van der Waals surface area contributed by atoms with E-state index in [-0.39, 0.29) is 47.2 Å². The Morgan fingerprint density at radius 1 is 0.394 bits per heavy atom. The van der Waals surface area contributed by atoms with Crippen molar-refractivity contribution in [2.45, 2.75) is 84.1 Å². The van der Waals surface area contributed by atoms with E-state index in [9.17, 15) is 33.9 Å². The van der Waals surface area contributed by atoms with E-state index < -0.39 is 71.6 Å². The number of carbonyl (C=O) groups excluding carboxylic acids is 5. The molecular weight excluding hydrogens is 1220 g/mol. The maximum atomic E-state index is 14.6. The number of nitrogens with one attached hydrogen (secondary N) is 5. The number of carboxylic acid groups (broad SMARTS) is 1. The molecular formula is C77H71N9NiO7. The van der Waals surface area contributed by atoms with E-state index in [0.29, 0.717) is 39.1 Å². The van der Waals surface area contributed by atoms with Gasteiger partial charge < -0.3 is 41.7 Å². The Kier molecular flexibility index (Phi) is 21.2. The molecule has 5 amide bonds. The first-order chi connectivity index (χ1) is 45.0. The van der Waals surface area contributed by atoms with E-state index in [2.05, 4.69) is 63.0 Å². The Morgan fingerprint density at radius 3 is 1.10 bits per heavy atom. The Bertz CT molecular complexity index is 4420. The number of benzene rings is 6. The zero-order valence-corrected chi connectivity index (χ0v) is 53.5. The number of amides is 5. The van der Waals surface area contributed by atoms with Gasteiger partial charge in [-0.05, 0) is 117 Å². The fourth-order valence-electron chi connectivity index (χ4n) is 11.6. The summed E-state index contributed by atoms with van der Waals surface area (Å²) in [5.74, 6) is -5.06. The van der Waals surface area contributed by atoms with Gasteiger partial charge in [0.2, 0.25) is 23.6 Å². The first kappa shape index (κ1) is 66.2. The molecule has 6 aromatic carbocycles. The molecule has 5 atom stereocenters. The molecule has 3 aromatic heterocycles. The molecule has 0 saturated heterocycles. The predicted molar refractivity (Wildman–Crippen MR) is 365 cm³/mol. The van der Waals surface area contributed by atoms with E-state index >= 15 is 0 Å². The number of aliphatic carboxylic acids is 1. The van der Waals surface area contributed by atoms with Crippen molar-refractivity contribution in [1.82, 2.24) is 46.5 Å². The Labute approximate surface area is 555 Å². The molecule has 0 fully saturated rings. The van der Waals surface area contributed by atoms with Crippen LogP contribution in [0.4, 0.5) is 0 Å². The van der Waals surface area contributed by atoms with Crippen molar-refractivity contribution in [2.75, 3.05) is 0 Å². The van der Waals surface area contributed by atoms with Crippen LogP contribution in [0.2, 0.25) is 0 Å². The molecule has 476 valence electrons. The number of carboxylic acids is 1. The topological polar surface area (TPSA) is 237 Å². The molecule has 0 saturated carbocycles. The summed E-state index contributed by atoms with van der Waals surface area (Å²) in [7, 11) is 0. The zero-order valence-electron chi connectivity index (χ0n) is 52.5. The summed E-state index contributed by atoms with van der Waals surface area (Å²) < 4.78 is 0. The van der Waals surface area contributed by atoms with Crippen LogP contribution >= 0.6 is 0 Å². The molecule has 0 radical (unpaired) electrons. The summed E-state index contributed by atoms with van der Waals surface area (Å²) in [5, 5.41) is 23.5. The van der Waals surface area contributed by atoms with E-state index in [4.69, 9.17) is 19.9 Å². The van der Waals surface area contributed by atoms with Crippen LogP contribution in [0.25, 0.3) is 90.9 Å². The fourth-order valence-corrected chi connectivity index (χ4v) is 11.6. The zero-order chi connectivity index (χ0) is 65.1. The van der Waals surface area contributed by atoms with Crippen molar-refractivity contribution >= 4 is 81.9 Å². The summed E-state index contributed by atoms with van der Waals surface area (Å²) in [5.41, 5.74) is 14.2. The second-order valence-electron chi connectivity index (χ2n) is 24.0. The first-order valence-electron chi connectivity index (χ1n) is 31.2. The Hall–Kier alpha value is -10.8. The van der Waals surface area contributed by atoms with Gasteiger partial charge in [0.15, 0.2) is 0 Å². The third-order valence-electron chi connectivity index (χ3n) is 16.4. The van der Waals surface area contributed by atoms with Crippen molar-refractivity contribution < 1.29 is 50.4 Å². The molecule has 0 spiro atoms. The SMILES string of the molecule is CC(C)CC(NC(=O)c1ccc(-c2c3nc(c(-c4ccccc4)c4ccc([n-]4)c(-c4ccccc4)c4nc(c(-c5ccccc5)c5ccc2[n-]5)C=C4)C=C3)cc1)C(=O)N[C@H](C(=O)N[C@@H](Cc1ccccc1)C(=O)N[C@@H](Cc1ccccc1)C(=O)N[C@@H](C)C(=O)O)C(C)C.[Ni+2]. The van der Waals surface area contributed by atoms with Gasteiger partial charge in [0.05, 0.1) is 22.8 Å². The molecule has 8 bridgehead atoms. The van der Waals surface area contributed by atoms with Gasteiger partial charge in [0, 0.05) is 18.4 Å². The van der Waals surface area contributed by atoms with Crippen molar-refractivity contribution in [3.8, 4) is 44.5 Å². The molecule has 94 heavy (non-hydrogen) atoms. The number of carbonyl (C=O) groups is 6. The van der Waals surface area contributed by atoms with Crippen LogP contribution in [-0.2, 0) is 53.3 Å². The number of hydrogen-bond acceptors (Lipinski definition) is 8. The number of nitrogens with zero attached hydrogens (tertiary/aromatic N) is 4. The molecule has 2 aliphatic rings. The van der Waals surface area contributed by atoms with Gasteiger partial charge in [-0.15, -0.1) is 22.1 Å². The second-order valence-corrected chi connectivity index (χ2v) is 24.0. The minimum absolute atomic E-state index is 0. The molecule has 6 N–H and O–H groups in total. The van der Waals surface area contributed by atoms with Gasteiger partial charge in [-0.1, -0.05) is 216 Å². The second kappa shape index (κ2) is 30.1. The largest absolute Gasteiger partial charge is 2.00 e. The molecule has 9 aromatic rings. The van der Waals surface area contributed by atoms with Gasteiger partial charge in [0.1, 0.15) is 30.2 Å². The van der Waals surface area contributed by atoms with Crippen LogP contribution in [0.5, 0.6) is 0 Å². The molecule has 5 heterocycles. The first-order valence-corrected chi connectivity index (χ1v) is 31.2. The normalized spacial score (nSPS) is 13.2. The predicted octanol–water partition coefficient (Wildman–Crippen LogP) is 11.9. The molecule has 17 heteroatoms. The summed E-state index contributed by atoms with van der Waals surface area (Å²) in [6.45, 7) is 8.69. The van der Waals surface area contributed by atoms with Gasteiger partial charge in [-0.3, -0.25) is 28.8 Å². The minimum Gasteiger partial charge on any atom is -0.657 e. The Morgan fingerprint density at radius 2 is 0.734 bits per heavy atom. The average molecular weight is 1290 g/mol. The van der Waals surface area contributed by atoms with Gasteiger partial charge in [-0.2, -0.15) is 0 Å². The van der Waals surface area contributed by atoms with E-state index in [0.717, 1.165) is 61.4 Å². The van der Waals surface area contributed by atoms with E-state index in [1.54, 1.807) is 74.5 Å². The van der Waals surface area contributed by atoms with Gasteiger partial charge in [0.25, 0.3) is 5.91 Å². The van der Waals surface area contributed by atoms with Crippen molar-refractivity contribution in [3.63, 3.8) is 0 Å². The van der Waals surface area contributed by atoms with Gasteiger partial charge >= 0.3 is 22.5 Å². The summed E-state index contributed by atoms with van der Waals surface area (Å²) in [6.07, 6.45) is 8.31. The fraction of sp³-hybridized carbons (Fsp3) is 0.195. The average Bonchev–Trinajstić information content (AvgIpc) is 1.62. The maximum absolute atomic E-state index is 14.6. The van der Waals surface area contributed by atoms with Crippen molar-refractivity contribution in [3.05, 3.63) is 240 Å². The van der Waals surface area contributed by atoms with Crippen molar-refractivity contribution in [1.29, 1.82) is 0 Å². The monoisotopic (exact) mass is 1290 g/mol. The molecule has 16 nitrogen and oxygen atoms in total. The molecule has 0 aliphatic carbocycles. The van der Waals surface area contributed by atoms with Crippen LogP contribution in [0.1, 0.15) is 85.3 Å². The summed E-state index contributed by atoms with van der Waals surface area (Å²) in [4.78, 5) is 105. The third kappa shape index (κ3) is 15.6. The summed E-state index contributed by atoms with van der Waals surface area (Å²) in [6, 6.07) is 57.4. The minimum atomic E-state index is -1.25. The number of rotatable bonds is 22. The molecule has 1 unspecified atom stereocenters. The molecule has 11 rings (SSSR count). The smallest absolute Gasteiger partial charge is 0.657 e. The van der Waals surface area contributed by atoms with Crippen molar-refractivity contribution in [2.24, 2.45) is 11.8 Å².